The molecule has 0 aromatic heterocycles. The zero-order valence-corrected chi connectivity index (χ0v) is 15.6. The SMILES string of the molecule is CCC(=O)NCCCc1cc(OC)ccc1C#Cc1cccc(OC)c1. The van der Waals surface area contributed by atoms with Crippen LogP contribution < -0.4 is 14.8 Å². The average Bonchev–Trinajstić information content (AvgIpc) is 2.69. The minimum atomic E-state index is 0.0775. The van der Waals surface area contributed by atoms with Crippen LogP contribution in [0.3, 0.4) is 0 Å². The highest BCUT2D eigenvalue weighted by atomic mass is 16.5. The quantitative estimate of drug-likeness (QED) is 0.613. The fourth-order valence-corrected chi connectivity index (χ4v) is 2.50. The van der Waals surface area contributed by atoms with Crippen LogP contribution in [0.1, 0.15) is 36.5 Å². The summed E-state index contributed by atoms with van der Waals surface area (Å²) in [6.07, 6.45) is 2.19. The topological polar surface area (TPSA) is 47.6 Å². The maximum atomic E-state index is 11.3. The first-order valence-corrected chi connectivity index (χ1v) is 8.76. The van der Waals surface area contributed by atoms with E-state index >= 15 is 0 Å². The fraction of sp³-hybridized carbons (Fsp3) is 0.318. The number of methoxy groups -OCH3 is 2. The molecule has 2 aromatic carbocycles. The normalized spacial score (nSPS) is 9.81. The van der Waals surface area contributed by atoms with Gasteiger partial charge in [-0.05, 0) is 54.8 Å². The molecule has 2 aromatic rings. The Bertz CT molecular complexity index is 803. The smallest absolute Gasteiger partial charge is 0.219 e. The van der Waals surface area contributed by atoms with Crippen LogP contribution in [0.5, 0.6) is 11.5 Å². The Morgan fingerprint density at radius 2 is 1.81 bits per heavy atom. The standard InChI is InChI=1S/C22H25NO3/c1-4-22(24)23-14-6-8-19-16-21(26-3)13-12-18(19)11-10-17-7-5-9-20(15-17)25-2/h5,7,9,12-13,15-16H,4,6,8,14H2,1-3H3,(H,23,24). The number of benzene rings is 2. The summed E-state index contributed by atoms with van der Waals surface area (Å²) in [6.45, 7) is 2.51. The molecule has 0 bridgehead atoms. The molecule has 4 nitrogen and oxygen atoms in total. The number of ether oxygens (including phenoxy) is 2. The van der Waals surface area contributed by atoms with Gasteiger partial charge in [0.2, 0.25) is 5.91 Å². The van der Waals surface area contributed by atoms with Crippen LogP contribution in [0, 0.1) is 11.8 Å². The summed E-state index contributed by atoms with van der Waals surface area (Å²) in [6, 6.07) is 13.6. The van der Waals surface area contributed by atoms with Crippen LogP contribution >= 0.6 is 0 Å². The van der Waals surface area contributed by atoms with Crippen LogP contribution in [-0.2, 0) is 11.2 Å². The lowest BCUT2D eigenvalue weighted by molar-refractivity contribution is -0.120. The van der Waals surface area contributed by atoms with Crippen LogP contribution in [0.4, 0.5) is 0 Å². The Hall–Kier alpha value is -2.93. The lowest BCUT2D eigenvalue weighted by Gasteiger charge is -2.08. The van der Waals surface area contributed by atoms with Gasteiger partial charge in [-0.2, -0.15) is 0 Å². The molecule has 0 saturated heterocycles. The van der Waals surface area contributed by atoms with Crippen molar-refractivity contribution in [2.24, 2.45) is 0 Å². The van der Waals surface area contributed by atoms with E-state index < -0.39 is 0 Å². The van der Waals surface area contributed by atoms with Crippen molar-refractivity contribution >= 4 is 5.91 Å². The monoisotopic (exact) mass is 351 g/mol. The van der Waals surface area contributed by atoms with E-state index in [9.17, 15) is 4.79 Å². The fourth-order valence-electron chi connectivity index (χ4n) is 2.50. The highest BCUT2D eigenvalue weighted by Gasteiger charge is 2.04. The molecular formula is C22H25NO3. The van der Waals surface area contributed by atoms with Gasteiger partial charge in [0.1, 0.15) is 11.5 Å². The summed E-state index contributed by atoms with van der Waals surface area (Å²) in [5.74, 6) is 8.11. The molecule has 1 N–H and O–H groups in total. The third-order valence-corrected chi connectivity index (χ3v) is 3.99. The Kier molecular flexibility index (Phi) is 7.57. The largest absolute Gasteiger partial charge is 0.497 e. The van der Waals surface area contributed by atoms with E-state index in [4.69, 9.17) is 9.47 Å². The third-order valence-electron chi connectivity index (χ3n) is 3.99. The molecule has 0 fully saturated rings. The van der Waals surface area contributed by atoms with Crippen LogP contribution in [0.25, 0.3) is 0 Å². The second-order valence-corrected chi connectivity index (χ2v) is 5.81. The first-order valence-electron chi connectivity index (χ1n) is 8.76. The number of aryl methyl sites for hydroxylation is 1. The molecule has 2 rings (SSSR count). The Balaban J connectivity index is 2.14. The summed E-state index contributed by atoms with van der Waals surface area (Å²) in [5.41, 5.74) is 2.99. The number of nitrogens with one attached hydrogen (secondary N) is 1. The highest BCUT2D eigenvalue weighted by Crippen LogP contribution is 2.19. The number of hydrogen-bond acceptors (Lipinski definition) is 3. The molecule has 136 valence electrons. The lowest BCUT2D eigenvalue weighted by Crippen LogP contribution is -2.23. The van der Waals surface area contributed by atoms with E-state index in [1.165, 1.54) is 0 Å². The Morgan fingerprint density at radius 3 is 2.54 bits per heavy atom. The molecule has 26 heavy (non-hydrogen) atoms. The molecule has 0 saturated carbocycles. The van der Waals surface area contributed by atoms with E-state index in [2.05, 4.69) is 17.2 Å². The number of carbonyl (C=O) groups excluding carboxylic acids is 1. The Labute approximate surface area is 155 Å². The number of carbonyl (C=O) groups is 1. The van der Waals surface area contributed by atoms with Gasteiger partial charge in [-0.3, -0.25) is 4.79 Å². The summed E-state index contributed by atoms with van der Waals surface area (Å²) >= 11 is 0. The molecule has 0 aliphatic carbocycles. The number of amides is 1. The average molecular weight is 351 g/mol. The van der Waals surface area contributed by atoms with Crippen molar-refractivity contribution in [2.45, 2.75) is 26.2 Å². The molecule has 1 amide bonds. The number of hydrogen-bond donors (Lipinski definition) is 1. The molecular weight excluding hydrogens is 326 g/mol. The molecule has 0 aliphatic heterocycles. The van der Waals surface area contributed by atoms with Crippen molar-refractivity contribution in [3.05, 3.63) is 59.2 Å². The van der Waals surface area contributed by atoms with Gasteiger partial charge in [0, 0.05) is 24.1 Å². The zero-order chi connectivity index (χ0) is 18.8. The van der Waals surface area contributed by atoms with E-state index in [0.29, 0.717) is 13.0 Å². The number of rotatable bonds is 7. The van der Waals surface area contributed by atoms with Gasteiger partial charge >= 0.3 is 0 Å². The van der Waals surface area contributed by atoms with Crippen molar-refractivity contribution in [2.75, 3.05) is 20.8 Å². The molecule has 0 radical (unpaired) electrons. The van der Waals surface area contributed by atoms with Gasteiger partial charge in [-0.25, -0.2) is 0 Å². The zero-order valence-electron chi connectivity index (χ0n) is 15.6. The summed E-state index contributed by atoms with van der Waals surface area (Å²) < 4.78 is 10.6. The summed E-state index contributed by atoms with van der Waals surface area (Å²) in [4.78, 5) is 11.3. The highest BCUT2D eigenvalue weighted by molar-refractivity contribution is 5.75. The van der Waals surface area contributed by atoms with Crippen LogP contribution in [0.2, 0.25) is 0 Å². The Morgan fingerprint density at radius 1 is 1.04 bits per heavy atom. The summed E-state index contributed by atoms with van der Waals surface area (Å²) in [5, 5.41) is 2.90. The van der Waals surface area contributed by atoms with Crippen molar-refractivity contribution in [3.8, 4) is 23.3 Å². The second kappa shape index (κ2) is 10.1. The van der Waals surface area contributed by atoms with E-state index in [1.54, 1.807) is 14.2 Å². The minimum Gasteiger partial charge on any atom is -0.497 e. The van der Waals surface area contributed by atoms with Gasteiger partial charge in [0.15, 0.2) is 0 Å². The van der Waals surface area contributed by atoms with Crippen molar-refractivity contribution < 1.29 is 14.3 Å². The molecule has 0 unspecified atom stereocenters. The predicted molar refractivity (Wildman–Crippen MR) is 104 cm³/mol. The van der Waals surface area contributed by atoms with Crippen LogP contribution in [0.15, 0.2) is 42.5 Å². The second-order valence-electron chi connectivity index (χ2n) is 5.81. The van der Waals surface area contributed by atoms with Gasteiger partial charge < -0.3 is 14.8 Å². The predicted octanol–water partition coefficient (Wildman–Crippen LogP) is 3.56. The van der Waals surface area contributed by atoms with Gasteiger partial charge in [-0.15, -0.1) is 0 Å². The molecule has 4 heteroatoms. The minimum absolute atomic E-state index is 0.0775. The third kappa shape index (κ3) is 5.86. The van der Waals surface area contributed by atoms with Gasteiger partial charge in [-0.1, -0.05) is 24.8 Å². The first kappa shape index (κ1) is 19.4. The van der Waals surface area contributed by atoms with Crippen molar-refractivity contribution in [1.29, 1.82) is 0 Å². The van der Waals surface area contributed by atoms with Gasteiger partial charge in [0.25, 0.3) is 0 Å². The maximum Gasteiger partial charge on any atom is 0.219 e. The molecule has 0 spiro atoms. The first-order chi connectivity index (χ1) is 12.7. The van der Waals surface area contributed by atoms with E-state index in [1.807, 2.05) is 49.4 Å². The summed E-state index contributed by atoms with van der Waals surface area (Å²) in [7, 11) is 3.30. The lowest BCUT2D eigenvalue weighted by atomic mass is 10.0. The van der Waals surface area contributed by atoms with Crippen molar-refractivity contribution in [3.63, 3.8) is 0 Å². The van der Waals surface area contributed by atoms with E-state index in [-0.39, 0.29) is 5.91 Å². The van der Waals surface area contributed by atoms with E-state index in [0.717, 1.165) is 41.0 Å². The molecule has 0 aliphatic rings. The van der Waals surface area contributed by atoms with Gasteiger partial charge in [0.05, 0.1) is 14.2 Å². The van der Waals surface area contributed by atoms with Crippen molar-refractivity contribution in [1.82, 2.24) is 5.32 Å². The molecule has 0 heterocycles. The van der Waals surface area contributed by atoms with Crippen LogP contribution in [-0.4, -0.2) is 26.7 Å². The molecule has 0 atom stereocenters. The maximum absolute atomic E-state index is 11.3.